The van der Waals surface area contributed by atoms with E-state index >= 15 is 0 Å². The fraction of sp³-hybridized carbons (Fsp3) is 0.833. The third-order valence-electron chi connectivity index (χ3n) is 2.19. The van der Waals surface area contributed by atoms with E-state index in [4.69, 9.17) is 10.9 Å². The minimum absolute atomic E-state index is 0.0738. The molecule has 0 aromatic carbocycles. The maximum absolute atomic E-state index is 12.1. The molecule has 3 nitrogen and oxygen atoms in total. The molecular weight excluding hydrogens is 173 g/mol. The van der Waals surface area contributed by atoms with Crippen LogP contribution in [0.4, 0.5) is 13.2 Å². The molecule has 0 bridgehead atoms. The van der Waals surface area contributed by atoms with Crippen LogP contribution in [0.2, 0.25) is 0 Å². The fourth-order valence-electron chi connectivity index (χ4n) is 1.32. The molecule has 1 rings (SSSR count). The smallest absolute Gasteiger partial charge is 0.392 e. The molecule has 1 aliphatic rings. The molecule has 3 N–H and O–H groups in total. The van der Waals surface area contributed by atoms with Crippen LogP contribution < -0.4 is 5.73 Å². The molecule has 70 valence electrons. The van der Waals surface area contributed by atoms with Crippen LogP contribution in [-0.4, -0.2) is 17.2 Å². The predicted octanol–water partition coefficient (Wildman–Crippen LogP) is 1.32. The molecule has 0 radical (unpaired) electrons. The van der Waals surface area contributed by atoms with Gasteiger partial charge in [-0.15, -0.1) is 0 Å². The van der Waals surface area contributed by atoms with Gasteiger partial charge in [-0.05, 0) is 12.8 Å². The van der Waals surface area contributed by atoms with Crippen LogP contribution >= 0.6 is 0 Å². The zero-order chi connectivity index (χ0) is 9.35. The maximum atomic E-state index is 12.1. The van der Waals surface area contributed by atoms with Crippen molar-refractivity contribution in [2.45, 2.75) is 19.0 Å². The van der Waals surface area contributed by atoms with Gasteiger partial charge >= 0.3 is 6.18 Å². The lowest BCUT2D eigenvalue weighted by Crippen LogP contribution is -2.45. The maximum Gasteiger partial charge on any atom is 0.392 e. The van der Waals surface area contributed by atoms with Crippen molar-refractivity contribution < 1.29 is 18.4 Å². The van der Waals surface area contributed by atoms with Gasteiger partial charge in [0.2, 0.25) is 0 Å². The number of rotatable bonds is 1. The zero-order valence-corrected chi connectivity index (χ0v) is 6.17. The number of hydrogen-bond acceptors (Lipinski definition) is 2. The Morgan fingerprint density at radius 2 is 2.00 bits per heavy atom. The standard InChI is InChI=1S/C6H9F3N2O/c7-6(8,9)4-2-1-3(4)5(10)11-12/h3-4,12H,1-2H2,(H2,10,11)/t3-,4-/m1/s1. The molecule has 6 heteroatoms. The van der Waals surface area contributed by atoms with Crippen molar-refractivity contribution in [2.24, 2.45) is 22.7 Å². The van der Waals surface area contributed by atoms with Crippen LogP contribution in [0, 0.1) is 11.8 Å². The van der Waals surface area contributed by atoms with Crippen molar-refractivity contribution in [1.29, 1.82) is 0 Å². The largest absolute Gasteiger partial charge is 0.409 e. The second-order valence-corrected chi connectivity index (χ2v) is 2.86. The molecule has 12 heavy (non-hydrogen) atoms. The Morgan fingerprint density at radius 1 is 1.42 bits per heavy atom. The lowest BCUT2D eigenvalue weighted by atomic mass is 9.72. The number of halogens is 3. The van der Waals surface area contributed by atoms with E-state index in [1.165, 1.54) is 0 Å². The first-order valence-electron chi connectivity index (χ1n) is 3.51. The lowest BCUT2D eigenvalue weighted by molar-refractivity contribution is -0.203. The van der Waals surface area contributed by atoms with E-state index in [0.717, 1.165) is 0 Å². The Morgan fingerprint density at radius 3 is 2.25 bits per heavy atom. The molecule has 0 aliphatic heterocycles. The van der Waals surface area contributed by atoms with Gasteiger partial charge in [0.1, 0.15) is 5.84 Å². The fourth-order valence-corrected chi connectivity index (χ4v) is 1.32. The average Bonchev–Trinajstić information content (AvgIpc) is 1.80. The molecule has 1 saturated carbocycles. The lowest BCUT2D eigenvalue weighted by Gasteiger charge is -2.36. The van der Waals surface area contributed by atoms with E-state index in [0.29, 0.717) is 6.42 Å². The molecule has 0 saturated heterocycles. The Bertz CT molecular complexity index is 201. The summed E-state index contributed by atoms with van der Waals surface area (Å²) in [6, 6.07) is 0. The summed E-state index contributed by atoms with van der Waals surface area (Å²) in [6.07, 6.45) is -3.80. The first-order valence-corrected chi connectivity index (χ1v) is 3.51. The predicted molar refractivity (Wildman–Crippen MR) is 35.7 cm³/mol. The van der Waals surface area contributed by atoms with E-state index < -0.39 is 18.0 Å². The summed E-state index contributed by atoms with van der Waals surface area (Å²) in [5.41, 5.74) is 5.07. The molecule has 0 spiro atoms. The molecule has 0 aromatic rings. The van der Waals surface area contributed by atoms with Crippen LogP contribution in [0.25, 0.3) is 0 Å². The monoisotopic (exact) mass is 182 g/mol. The van der Waals surface area contributed by atoms with Gasteiger partial charge in [-0.1, -0.05) is 5.16 Å². The topological polar surface area (TPSA) is 58.6 Å². The second-order valence-electron chi connectivity index (χ2n) is 2.86. The summed E-state index contributed by atoms with van der Waals surface area (Å²) in [5.74, 6) is -2.56. The van der Waals surface area contributed by atoms with Crippen molar-refractivity contribution in [3.63, 3.8) is 0 Å². The van der Waals surface area contributed by atoms with Gasteiger partial charge in [-0.2, -0.15) is 13.2 Å². The van der Waals surface area contributed by atoms with Gasteiger partial charge in [0, 0.05) is 5.92 Å². The highest BCUT2D eigenvalue weighted by molar-refractivity contribution is 5.83. The Hall–Kier alpha value is -0.940. The third-order valence-corrected chi connectivity index (χ3v) is 2.19. The first kappa shape index (κ1) is 9.15. The summed E-state index contributed by atoms with van der Waals surface area (Å²) < 4.78 is 36.2. The number of hydrogen-bond donors (Lipinski definition) is 2. The quantitative estimate of drug-likeness (QED) is 0.278. The third kappa shape index (κ3) is 1.46. The van der Waals surface area contributed by atoms with Gasteiger partial charge in [-0.3, -0.25) is 0 Å². The molecule has 2 atom stereocenters. The highest BCUT2D eigenvalue weighted by Gasteiger charge is 2.51. The van der Waals surface area contributed by atoms with Crippen LogP contribution in [0.1, 0.15) is 12.8 Å². The van der Waals surface area contributed by atoms with Gasteiger partial charge < -0.3 is 10.9 Å². The Balaban J connectivity index is 2.61. The highest BCUT2D eigenvalue weighted by Crippen LogP contribution is 2.45. The van der Waals surface area contributed by atoms with Gasteiger partial charge in [0.15, 0.2) is 0 Å². The minimum atomic E-state index is -4.22. The van der Waals surface area contributed by atoms with Crippen LogP contribution in [0.15, 0.2) is 5.16 Å². The first-order chi connectivity index (χ1) is 5.46. The number of oxime groups is 1. The van der Waals surface area contributed by atoms with Crippen molar-refractivity contribution in [1.82, 2.24) is 0 Å². The molecule has 0 heterocycles. The second kappa shape index (κ2) is 2.84. The van der Waals surface area contributed by atoms with Gasteiger partial charge in [0.05, 0.1) is 5.92 Å². The molecule has 1 fully saturated rings. The summed E-state index contributed by atoms with van der Waals surface area (Å²) in [5, 5.41) is 10.7. The van der Waals surface area contributed by atoms with E-state index in [-0.39, 0.29) is 12.3 Å². The number of alkyl halides is 3. The Labute approximate surface area is 67.0 Å². The van der Waals surface area contributed by atoms with Crippen LogP contribution in [0.5, 0.6) is 0 Å². The molecule has 1 aliphatic carbocycles. The van der Waals surface area contributed by atoms with E-state index in [9.17, 15) is 13.2 Å². The van der Waals surface area contributed by atoms with Gasteiger partial charge in [-0.25, -0.2) is 0 Å². The van der Waals surface area contributed by atoms with Crippen LogP contribution in [0.3, 0.4) is 0 Å². The summed E-state index contributed by atoms with van der Waals surface area (Å²) in [4.78, 5) is 0. The SMILES string of the molecule is N/C(=N\O)[C@@H]1CC[C@H]1C(F)(F)F. The van der Waals surface area contributed by atoms with Crippen molar-refractivity contribution in [2.75, 3.05) is 0 Å². The van der Waals surface area contributed by atoms with Crippen molar-refractivity contribution in [3.8, 4) is 0 Å². The number of amidine groups is 1. The zero-order valence-electron chi connectivity index (χ0n) is 6.17. The Kier molecular flexibility index (Phi) is 2.16. The van der Waals surface area contributed by atoms with E-state index in [1.807, 2.05) is 0 Å². The molecule has 0 aromatic heterocycles. The minimum Gasteiger partial charge on any atom is -0.409 e. The van der Waals surface area contributed by atoms with Crippen LogP contribution in [-0.2, 0) is 0 Å². The average molecular weight is 182 g/mol. The summed E-state index contributed by atoms with van der Waals surface area (Å²) >= 11 is 0. The van der Waals surface area contributed by atoms with Crippen molar-refractivity contribution in [3.05, 3.63) is 0 Å². The summed E-state index contributed by atoms with van der Waals surface area (Å²) in [7, 11) is 0. The van der Waals surface area contributed by atoms with Gasteiger partial charge in [0.25, 0.3) is 0 Å². The number of nitrogens with two attached hydrogens (primary N) is 1. The normalized spacial score (nSPS) is 31.4. The highest BCUT2D eigenvalue weighted by atomic mass is 19.4. The van der Waals surface area contributed by atoms with E-state index in [1.54, 1.807) is 0 Å². The summed E-state index contributed by atoms with van der Waals surface area (Å²) in [6.45, 7) is 0. The molecular formula is C6H9F3N2O. The van der Waals surface area contributed by atoms with Crippen molar-refractivity contribution >= 4 is 5.84 Å². The van der Waals surface area contributed by atoms with E-state index in [2.05, 4.69) is 5.16 Å². The molecule has 0 unspecified atom stereocenters. The molecule has 0 amide bonds. The number of nitrogens with zero attached hydrogens (tertiary/aromatic N) is 1.